The lowest BCUT2D eigenvalue weighted by Gasteiger charge is -2.30. The lowest BCUT2D eigenvalue weighted by atomic mass is 9.74. The number of carbonyl (C=O) groups is 2. The van der Waals surface area contributed by atoms with Crippen molar-refractivity contribution in [3.8, 4) is 11.5 Å². The van der Waals surface area contributed by atoms with Gasteiger partial charge in [-0.1, -0.05) is 51.6 Å². The number of ketones is 1. The van der Waals surface area contributed by atoms with Gasteiger partial charge < -0.3 is 15.0 Å². The first-order chi connectivity index (χ1) is 17.0. The first-order valence-corrected chi connectivity index (χ1v) is 13.4. The molecule has 2 N–H and O–H groups in total. The van der Waals surface area contributed by atoms with E-state index in [2.05, 4.69) is 30.3 Å². The van der Waals surface area contributed by atoms with Gasteiger partial charge in [0.1, 0.15) is 24.1 Å². The van der Waals surface area contributed by atoms with Gasteiger partial charge in [-0.2, -0.15) is 0 Å². The highest BCUT2D eigenvalue weighted by Gasteiger charge is 2.27. The van der Waals surface area contributed by atoms with Gasteiger partial charge in [0.05, 0.1) is 0 Å². The zero-order valence-electron chi connectivity index (χ0n) is 21.6. The third-order valence-corrected chi connectivity index (χ3v) is 7.61. The highest BCUT2D eigenvalue weighted by molar-refractivity contribution is 5.78. The Balaban J connectivity index is 0.00000123. The first kappa shape index (κ1) is 31.4. The van der Waals surface area contributed by atoms with Crippen LogP contribution in [0.15, 0.2) is 48.5 Å². The van der Waals surface area contributed by atoms with E-state index in [9.17, 15) is 15.0 Å². The summed E-state index contributed by atoms with van der Waals surface area (Å²) in [5, 5.41) is 19.5. The van der Waals surface area contributed by atoms with Crippen LogP contribution in [0.2, 0.25) is 0 Å². The normalized spacial score (nSPS) is 23.1. The third-order valence-electron chi connectivity index (χ3n) is 7.61. The van der Waals surface area contributed by atoms with Crippen LogP contribution in [0.25, 0.3) is 0 Å². The summed E-state index contributed by atoms with van der Waals surface area (Å²) in [7, 11) is 0. The summed E-state index contributed by atoms with van der Waals surface area (Å²) in [4.78, 5) is 20.7. The molecule has 0 aromatic heterocycles. The van der Waals surface area contributed by atoms with Crippen molar-refractivity contribution in [3.63, 3.8) is 0 Å². The van der Waals surface area contributed by atoms with Gasteiger partial charge in [-0.3, -0.25) is 4.79 Å². The molecule has 0 saturated heterocycles. The number of hydrogen-bond acceptors (Lipinski definition) is 4. The van der Waals surface area contributed by atoms with Gasteiger partial charge in [0.25, 0.3) is 0 Å². The lowest BCUT2D eigenvalue weighted by Crippen LogP contribution is -2.21. The molecule has 2 saturated carbocycles. The predicted molar refractivity (Wildman–Crippen MR) is 150 cm³/mol. The molecule has 2 aromatic carbocycles. The van der Waals surface area contributed by atoms with Crippen LogP contribution in [0.3, 0.4) is 0 Å². The van der Waals surface area contributed by atoms with Crippen LogP contribution in [0.4, 0.5) is 0 Å². The topological polar surface area (TPSA) is 74.6 Å². The van der Waals surface area contributed by atoms with E-state index in [1.807, 2.05) is 20.6 Å². The monoisotopic (exact) mass is 496 g/mol. The van der Waals surface area contributed by atoms with E-state index < -0.39 is 0 Å². The maximum Gasteiger partial charge on any atom is 0.133 e. The van der Waals surface area contributed by atoms with Crippen molar-refractivity contribution in [1.29, 1.82) is 0 Å². The molecule has 0 amide bonds. The van der Waals surface area contributed by atoms with Crippen molar-refractivity contribution in [2.24, 2.45) is 17.8 Å². The summed E-state index contributed by atoms with van der Waals surface area (Å²) in [6.07, 6.45) is 11.8. The van der Waals surface area contributed by atoms with Crippen LogP contribution in [-0.2, 0) is 16.0 Å². The summed E-state index contributed by atoms with van der Waals surface area (Å²) in [5.74, 6) is 2.97. The maximum atomic E-state index is 12.7. The zero-order valence-corrected chi connectivity index (χ0v) is 21.6. The number of hydrogen-bond donors (Lipinski definition) is 2. The minimum Gasteiger partial charge on any atom is -0.508 e. The molecule has 2 fully saturated rings. The molecule has 4 nitrogen and oxygen atoms in total. The van der Waals surface area contributed by atoms with Gasteiger partial charge >= 0.3 is 0 Å². The molecule has 4 heteroatoms. The van der Waals surface area contributed by atoms with Gasteiger partial charge in [-0.15, -0.1) is 0 Å². The largest absolute Gasteiger partial charge is 0.508 e. The summed E-state index contributed by atoms with van der Waals surface area (Å²) in [6.45, 7) is 6.00. The number of Topliss-reactive ketones (excluding diaryl/α,β-unsaturated/α-hetero) is 1. The zero-order chi connectivity index (χ0) is 25.6. The molecule has 0 aliphatic heterocycles. The van der Waals surface area contributed by atoms with E-state index in [-0.39, 0.29) is 18.9 Å². The second-order valence-electron chi connectivity index (χ2n) is 10.0. The van der Waals surface area contributed by atoms with Crippen molar-refractivity contribution >= 4 is 12.6 Å². The Morgan fingerprint density at radius 2 is 1.19 bits per heavy atom. The molecular formula is C32H48O4. The van der Waals surface area contributed by atoms with Gasteiger partial charge in [0.2, 0.25) is 0 Å². The Hall–Kier alpha value is -2.62. The number of rotatable bonds is 7. The Bertz CT molecular complexity index is 843. The van der Waals surface area contributed by atoms with E-state index >= 15 is 0 Å². The Morgan fingerprint density at radius 3 is 1.69 bits per heavy atom. The standard InChI is InChI=1S/C28H36O3.C2H6.CH2O.CH4/c29-26(15-22-8-6-21(7-9-22)14-20-4-2-1-3-5-20)16-23-10-12-24(13-11-23)25-17-27(30)19-28(31)18-25;2*1-2;/h1-5,17-19,21-24,30-31H,6-16H2;1-2H3;1H2;1H4. The van der Waals surface area contributed by atoms with Crippen molar-refractivity contribution in [2.45, 2.75) is 97.8 Å². The second kappa shape index (κ2) is 16.9. The quantitative estimate of drug-likeness (QED) is 0.405. The summed E-state index contributed by atoms with van der Waals surface area (Å²) >= 11 is 0. The number of phenolic OH excluding ortho intramolecular Hbond substituents is 2. The minimum atomic E-state index is 0. The Morgan fingerprint density at radius 1 is 0.750 bits per heavy atom. The van der Waals surface area contributed by atoms with Crippen LogP contribution in [0, 0.1) is 17.8 Å². The second-order valence-corrected chi connectivity index (χ2v) is 10.0. The molecule has 2 aromatic rings. The number of aromatic hydroxyl groups is 2. The molecule has 0 unspecified atom stereocenters. The molecule has 4 rings (SSSR count). The molecule has 200 valence electrons. The maximum absolute atomic E-state index is 12.7. The summed E-state index contributed by atoms with van der Waals surface area (Å²) < 4.78 is 0. The fraction of sp³-hybridized carbons (Fsp3) is 0.562. The highest BCUT2D eigenvalue weighted by Crippen LogP contribution is 2.40. The SMILES string of the molecule is C.C=O.CC.O=C(CC1CCC(Cc2ccccc2)CC1)CC1CCC(c2cc(O)cc(O)c2)CC1. The molecule has 36 heavy (non-hydrogen) atoms. The van der Waals surface area contributed by atoms with Gasteiger partial charge in [-0.25, -0.2) is 0 Å². The van der Waals surface area contributed by atoms with Gasteiger partial charge in [-0.05, 0) is 105 Å². The summed E-state index contributed by atoms with van der Waals surface area (Å²) in [5.41, 5.74) is 2.47. The number of phenols is 2. The van der Waals surface area contributed by atoms with Crippen LogP contribution in [0.1, 0.15) is 103 Å². The average Bonchev–Trinajstić information content (AvgIpc) is 2.88. The molecule has 2 aliphatic rings. The Kier molecular flexibility index (Phi) is 14.8. The van der Waals surface area contributed by atoms with Crippen LogP contribution >= 0.6 is 0 Å². The van der Waals surface area contributed by atoms with Gasteiger partial charge in [0, 0.05) is 18.9 Å². The predicted octanol–water partition coefficient (Wildman–Crippen LogP) is 8.25. The smallest absolute Gasteiger partial charge is 0.133 e. The fourth-order valence-corrected chi connectivity index (χ4v) is 5.87. The number of benzene rings is 2. The van der Waals surface area contributed by atoms with E-state index in [4.69, 9.17) is 4.79 Å². The van der Waals surface area contributed by atoms with E-state index in [0.717, 1.165) is 50.0 Å². The minimum absolute atomic E-state index is 0. The molecular weight excluding hydrogens is 448 g/mol. The van der Waals surface area contributed by atoms with Crippen LogP contribution < -0.4 is 0 Å². The van der Waals surface area contributed by atoms with Crippen molar-refractivity contribution in [2.75, 3.05) is 0 Å². The van der Waals surface area contributed by atoms with E-state index in [0.29, 0.717) is 23.5 Å². The van der Waals surface area contributed by atoms with Gasteiger partial charge in [0.15, 0.2) is 0 Å². The van der Waals surface area contributed by atoms with Crippen molar-refractivity contribution in [3.05, 3.63) is 59.7 Å². The van der Waals surface area contributed by atoms with Crippen LogP contribution in [0.5, 0.6) is 11.5 Å². The summed E-state index contributed by atoms with van der Waals surface area (Å²) in [6, 6.07) is 15.7. The molecule has 0 atom stereocenters. The van der Waals surface area contributed by atoms with Crippen LogP contribution in [-0.4, -0.2) is 22.8 Å². The highest BCUT2D eigenvalue weighted by atomic mass is 16.3. The van der Waals surface area contributed by atoms with Crippen molar-refractivity contribution < 1.29 is 19.8 Å². The number of carbonyl (C=O) groups excluding carboxylic acids is 2. The molecule has 2 aliphatic carbocycles. The van der Waals surface area contributed by atoms with Crippen molar-refractivity contribution in [1.82, 2.24) is 0 Å². The molecule has 0 heterocycles. The average molecular weight is 497 g/mol. The van der Waals surface area contributed by atoms with E-state index in [1.54, 1.807) is 12.1 Å². The molecule has 0 bridgehead atoms. The van der Waals surface area contributed by atoms with E-state index in [1.165, 1.54) is 43.7 Å². The molecule has 0 spiro atoms. The molecule has 0 radical (unpaired) electrons. The fourth-order valence-electron chi connectivity index (χ4n) is 5.87. The lowest BCUT2D eigenvalue weighted by molar-refractivity contribution is -0.121. The first-order valence-electron chi connectivity index (χ1n) is 13.4. The third kappa shape index (κ3) is 10.2. The Labute approximate surface area is 219 Å².